The number of hydrogen-bond donors (Lipinski definition) is 3. The Hall–Kier alpha value is -4.23. The number of amides is 3. The van der Waals surface area contributed by atoms with E-state index >= 15 is 0 Å². The number of halogens is 3. The van der Waals surface area contributed by atoms with E-state index in [0.29, 0.717) is 17.8 Å². The summed E-state index contributed by atoms with van der Waals surface area (Å²) in [5.74, 6) is -0.167. The number of thiazole rings is 1. The standard InChI is InChI=1S/C32H35F3N6O3S/c1-19(2)36-31(44)37-21-8-9-25(23(16-21)30-39-27(18-45-30)32(33,34)35)38-29(43)24-17-41(15-12-20-10-13-40(3)14-11-20)26-7-5-4-6-22(26)28(24)42/h4-9,16-20H,10-15H2,1-3H3,(H,38,43)(H2,36,37,44). The van der Waals surface area contributed by atoms with Crippen molar-refractivity contribution in [1.29, 1.82) is 0 Å². The number of nitrogens with one attached hydrogen (secondary N) is 3. The molecule has 1 saturated heterocycles. The lowest BCUT2D eigenvalue weighted by Crippen LogP contribution is -2.34. The van der Waals surface area contributed by atoms with Crippen LogP contribution < -0.4 is 21.4 Å². The number of anilines is 2. The number of rotatable bonds is 8. The molecule has 45 heavy (non-hydrogen) atoms. The number of likely N-dealkylation sites (tertiary alicyclic amines) is 1. The molecule has 0 aliphatic carbocycles. The van der Waals surface area contributed by atoms with Crippen LogP contribution in [0.15, 0.2) is 58.8 Å². The highest BCUT2D eigenvalue weighted by atomic mass is 32.1. The van der Waals surface area contributed by atoms with Crippen LogP contribution in [-0.4, -0.2) is 52.6 Å². The van der Waals surface area contributed by atoms with Crippen LogP contribution in [0.5, 0.6) is 0 Å². The zero-order chi connectivity index (χ0) is 32.3. The molecule has 2 aromatic heterocycles. The van der Waals surface area contributed by atoms with Crippen LogP contribution in [0, 0.1) is 5.92 Å². The number of aromatic nitrogens is 2. The van der Waals surface area contributed by atoms with Gasteiger partial charge in [0.25, 0.3) is 5.91 Å². The highest BCUT2D eigenvalue weighted by Gasteiger charge is 2.34. The summed E-state index contributed by atoms with van der Waals surface area (Å²) in [7, 11) is 2.11. The number of piperidine rings is 1. The third-order valence-corrected chi connectivity index (χ3v) is 8.69. The summed E-state index contributed by atoms with van der Waals surface area (Å²) >= 11 is 0.753. The molecule has 9 nitrogen and oxygen atoms in total. The van der Waals surface area contributed by atoms with Crippen molar-refractivity contribution in [2.24, 2.45) is 5.92 Å². The average molecular weight is 641 g/mol. The molecule has 2 aromatic carbocycles. The first-order chi connectivity index (χ1) is 21.4. The van der Waals surface area contributed by atoms with Crippen LogP contribution in [0.3, 0.4) is 0 Å². The van der Waals surface area contributed by atoms with Crippen molar-refractivity contribution in [3.05, 3.63) is 75.5 Å². The SMILES string of the molecule is CC(C)NC(=O)Nc1ccc(NC(=O)c2cn(CCC3CCN(C)CC3)c3ccccc3c2=O)c(-c2nc(C(F)(F)F)cs2)c1. The Bertz CT molecular complexity index is 1760. The van der Waals surface area contributed by atoms with E-state index in [1.54, 1.807) is 32.2 Å². The molecule has 0 atom stereocenters. The fraction of sp³-hybridized carbons (Fsp3) is 0.375. The summed E-state index contributed by atoms with van der Waals surface area (Å²) in [6.07, 6.45) is -0.0275. The number of hydrogen-bond acceptors (Lipinski definition) is 6. The molecule has 1 aliphatic rings. The van der Waals surface area contributed by atoms with Crippen molar-refractivity contribution in [3.8, 4) is 10.6 Å². The molecule has 0 saturated carbocycles. The van der Waals surface area contributed by atoms with E-state index in [1.165, 1.54) is 18.2 Å². The van der Waals surface area contributed by atoms with Crippen molar-refractivity contribution in [2.45, 2.75) is 51.9 Å². The number of carbonyl (C=O) groups excluding carboxylic acids is 2. The quantitative estimate of drug-likeness (QED) is 0.200. The first kappa shape index (κ1) is 32.2. The molecule has 3 N–H and O–H groups in total. The van der Waals surface area contributed by atoms with E-state index in [1.807, 2.05) is 16.7 Å². The van der Waals surface area contributed by atoms with E-state index in [0.717, 1.165) is 54.6 Å². The lowest BCUT2D eigenvalue weighted by Gasteiger charge is -2.29. The molecule has 0 spiro atoms. The summed E-state index contributed by atoms with van der Waals surface area (Å²) in [4.78, 5) is 45.6. The number of aryl methyl sites for hydroxylation is 1. The Morgan fingerprint density at radius 1 is 1.09 bits per heavy atom. The van der Waals surface area contributed by atoms with E-state index in [2.05, 4.69) is 32.9 Å². The minimum Gasteiger partial charge on any atom is -0.346 e. The number of pyridine rings is 1. The minimum atomic E-state index is -4.66. The van der Waals surface area contributed by atoms with Crippen LogP contribution in [0.1, 0.15) is 49.2 Å². The van der Waals surface area contributed by atoms with Gasteiger partial charge in [0.2, 0.25) is 5.43 Å². The largest absolute Gasteiger partial charge is 0.434 e. The number of urea groups is 1. The van der Waals surface area contributed by atoms with Gasteiger partial charge in [0, 0.05) is 40.8 Å². The highest BCUT2D eigenvalue weighted by molar-refractivity contribution is 7.13. The van der Waals surface area contributed by atoms with Crippen molar-refractivity contribution in [3.63, 3.8) is 0 Å². The molecule has 0 radical (unpaired) electrons. The van der Waals surface area contributed by atoms with E-state index < -0.39 is 29.2 Å². The molecular weight excluding hydrogens is 605 g/mol. The Morgan fingerprint density at radius 3 is 2.51 bits per heavy atom. The van der Waals surface area contributed by atoms with Crippen LogP contribution in [0.25, 0.3) is 21.5 Å². The van der Waals surface area contributed by atoms with Crippen molar-refractivity contribution >= 4 is 45.6 Å². The fourth-order valence-corrected chi connectivity index (χ4v) is 6.28. The van der Waals surface area contributed by atoms with Gasteiger partial charge in [0.15, 0.2) is 5.69 Å². The van der Waals surface area contributed by atoms with Gasteiger partial charge in [-0.1, -0.05) is 12.1 Å². The Kier molecular flexibility index (Phi) is 9.59. The normalized spacial score (nSPS) is 14.6. The van der Waals surface area contributed by atoms with E-state index in [9.17, 15) is 27.6 Å². The molecular formula is C32H35F3N6O3S. The van der Waals surface area contributed by atoms with E-state index in [-0.39, 0.29) is 33.6 Å². The van der Waals surface area contributed by atoms with Gasteiger partial charge >= 0.3 is 12.2 Å². The predicted octanol–water partition coefficient (Wildman–Crippen LogP) is 6.66. The number of carbonyl (C=O) groups is 2. The van der Waals surface area contributed by atoms with Gasteiger partial charge in [-0.15, -0.1) is 11.3 Å². The molecule has 3 amide bonds. The maximum Gasteiger partial charge on any atom is 0.434 e. The number of para-hydroxylation sites is 1. The highest BCUT2D eigenvalue weighted by Crippen LogP contribution is 2.37. The number of benzene rings is 2. The zero-order valence-electron chi connectivity index (χ0n) is 25.2. The van der Waals surface area contributed by atoms with Gasteiger partial charge < -0.3 is 25.4 Å². The maximum atomic E-state index is 13.7. The smallest absolute Gasteiger partial charge is 0.346 e. The van der Waals surface area contributed by atoms with Crippen LogP contribution >= 0.6 is 11.3 Å². The predicted molar refractivity (Wildman–Crippen MR) is 171 cm³/mol. The third kappa shape index (κ3) is 7.71. The van der Waals surface area contributed by atoms with Crippen molar-refractivity contribution in [1.82, 2.24) is 19.8 Å². The average Bonchev–Trinajstić information content (AvgIpc) is 3.49. The molecule has 0 bridgehead atoms. The summed E-state index contributed by atoms with van der Waals surface area (Å²) in [6.45, 7) is 6.26. The van der Waals surface area contributed by atoms with Crippen molar-refractivity contribution in [2.75, 3.05) is 30.8 Å². The van der Waals surface area contributed by atoms with Gasteiger partial charge in [-0.05, 0) is 89.5 Å². The number of nitrogens with zero attached hydrogens (tertiary/aromatic N) is 3. The molecule has 238 valence electrons. The second kappa shape index (κ2) is 13.4. The monoisotopic (exact) mass is 640 g/mol. The molecule has 3 heterocycles. The second-order valence-electron chi connectivity index (χ2n) is 11.6. The Morgan fingerprint density at radius 2 is 1.82 bits per heavy atom. The molecule has 5 rings (SSSR count). The Labute approximate surface area is 262 Å². The minimum absolute atomic E-state index is 0.0143. The topological polar surface area (TPSA) is 108 Å². The van der Waals surface area contributed by atoms with Gasteiger partial charge in [-0.3, -0.25) is 9.59 Å². The molecule has 1 fully saturated rings. The first-order valence-electron chi connectivity index (χ1n) is 14.8. The second-order valence-corrected chi connectivity index (χ2v) is 12.5. The van der Waals surface area contributed by atoms with Gasteiger partial charge in [0.05, 0.1) is 11.2 Å². The summed E-state index contributed by atoms with van der Waals surface area (Å²) < 4.78 is 42.1. The molecule has 0 unspecified atom stereocenters. The van der Waals surface area contributed by atoms with Crippen LogP contribution in [0.4, 0.5) is 29.3 Å². The molecule has 4 aromatic rings. The lowest BCUT2D eigenvalue weighted by molar-refractivity contribution is -0.140. The van der Waals surface area contributed by atoms with Gasteiger partial charge in [-0.2, -0.15) is 13.2 Å². The molecule has 13 heteroatoms. The van der Waals surface area contributed by atoms with Crippen molar-refractivity contribution < 1.29 is 22.8 Å². The lowest BCUT2D eigenvalue weighted by atomic mass is 9.94. The maximum absolute atomic E-state index is 13.7. The van der Waals surface area contributed by atoms with Gasteiger partial charge in [0.1, 0.15) is 10.6 Å². The third-order valence-electron chi connectivity index (χ3n) is 7.82. The number of fused-ring (bicyclic) bond motifs is 1. The number of alkyl halides is 3. The van der Waals surface area contributed by atoms with Crippen LogP contribution in [-0.2, 0) is 12.7 Å². The summed E-state index contributed by atoms with van der Waals surface area (Å²) in [6, 6.07) is 10.9. The van der Waals surface area contributed by atoms with Crippen LogP contribution in [0.2, 0.25) is 0 Å². The van der Waals surface area contributed by atoms with Gasteiger partial charge in [-0.25, -0.2) is 9.78 Å². The van der Waals surface area contributed by atoms with E-state index in [4.69, 9.17) is 0 Å². The summed E-state index contributed by atoms with van der Waals surface area (Å²) in [5.41, 5.74) is -0.290. The zero-order valence-corrected chi connectivity index (χ0v) is 26.0. The summed E-state index contributed by atoms with van der Waals surface area (Å²) in [5, 5.41) is 9.33. The molecule has 1 aliphatic heterocycles. The fourth-order valence-electron chi connectivity index (χ4n) is 5.42. The first-order valence-corrected chi connectivity index (χ1v) is 15.6. The Balaban J connectivity index is 1.47.